The predicted octanol–water partition coefficient (Wildman–Crippen LogP) is 2.12. The van der Waals surface area contributed by atoms with E-state index in [4.69, 9.17) is 0 Å². The standard InChI is InChI=1S/C20H38N4O2S/c1-20(2)16-24(12-13-27(20,25)26)19(21-3)22-14-18-10-7-11-23(18)15-17-8-5-4-6-9-17/h17-18H,4-16H2,1-3H3,(H,21,22). The number of nitrogens with zero attached hydrogens (tertiary/aromatic N) is 3. The number of hydrogen-bond acceptors (Lipinski definition) is 4. The lowest BCUT2D eigenvalue weighted by atomic mass is 9.89. The van der Waals surface area contributed by atoms with E-state index in [2.05, 4.69) is 20.1 Å². The Morgan fingerprint density at radius 3 is 2.52 bits per heavy atom. The number of hydrogen-bond donors (Lipinski definition) is 1. The van der Waals surface area contributed by atoms with Crippen LogP contribution in [0.5, 0.6) is 0 Å². The summed E-state index contributed by atoms with van der Waals surface area (Å²) in [5, 5.41) is 3.55. The first-order chi connectivity index (χ1) is 12.8. The summed E-state index contributed by atoms with van der Waals surface area (Å²) in [6, 6.07) is 0.574. The molecule has 1 unspecified atom stereocenters. The molecule has 2 aliphatic heterocycles. The molecule has 0 amide bonds. The normalized spacial score (nSPS) is 29.8. The van der Waals surface area contributed by atoms with E-state index in [0.29, 0.717) is 19.1 Å². The smallest absolute Gasteiger partial charge is 0.193 e. The predicted molar refractivity (Wildman–Crippen MR) is 112 cm³/mol. The Morgan fingerprint density at radius 2 is 1.85 bits per heavy atom. The quantitative estimate of drug-likeness (QED) is 0.580. The molecule has 3 rings (SSSR count). The summed E-state index contributed by atoms with van der Waals surface area (Å²) < 4.78 is 23.8. The van der Waals surface area contributed by atoms with Gasteiger partial charge in [0.25, 0.3) is 0 Å². The van der Waals surface area contributed by atoms with Crippen LogP contribution in [0, 0.1) is 5.92 Å². The summed E-state index contributed by atoms with van der Waals surface area (Å²) in [7, 11) is -1.23. The third-order valence-corrected chi connectivity index (χ3v) is 9.30. The van der Waals surface area contributed by atoms with Crippen LogP contribution in [-0.2, 0) is 9.84 Å². The molecule has 1 saturated carbocycles. The number of rotatable bonds is 4. The summed E-state index contributed by atoms with van der Waals surface area (Å²) in [6.45, 7) is 8.06. The molecule has 0 aromatic rings. The molecule has 1 N–H and O–H groups in total. The fourth-order valence-corrected chi connectivity index (χ4v) is 6.30. The SMILES string of the molecule is CN=C(NCC1CCCN1CC1CCCCC1)N1CCS(=O)(=O)C(C)(C)C1. The van der Waals surface area contributed by atoms with Crippen molar-refractivity contribution in [1.82, 2.24) is 15.1 Å². The summed E-state index contributed by atoms with van der Waals surface area (Å²) in [5.41, 5.74) is 0. The van der Waals surface area contributed by atoms with E-state index in [1.165, 1.54) is 58.0 Å². The van der Waals surface area contributed by atoms with Crippen LogP contribution in [0.4, 0.5) is 0 Å². The molecule has 2 saturated heterocycles. The number of sulfone groups is 1. The molecule has 0 aromatic carbocycles. The second kappa shape index (κ2) is 8.68. The van der Waals surface area contributed by atoms with Crippen LogP contribution in [0.1, 0.15) is 58.8 Å². The highest BCUT2D eigenvalue weighted by atomic mass is 32.2. The van der Waals surface area contributed by atoms with Gasteiger partial charge in [-0.2, -0.15) is 0 Å². The van der Waals surface area contributed by atoms with E-state index in [0.717, 1.165) is 18.4 Å². The van der Waals surface area contributed by atoms with Crippen molar-refractivity contribution in [2.75, 3.05) is 45.5 Å². The van der Waals surface area contributed by atoms with Crippen LogP contribution in [0.2, 0.25) is 0 Å². The van der Waals surface area contributed by atoms with E-state index in [1.54, 1.807) is 7.05 Å². The Morgan fingerprint density at radius 1 is 1.11 bits per heavy atom. The molecule has 3 aliphatic rings. The highest BCUT2D eigenvalue weighted by Crippen LogP contribution is 2.28. The number of aliphatic imine (C=N–C) groups is 1. The van der Waals surface area contributed by atoms with Crippen molar-refractivity contribution in [2.24, 2.45) is 10.9 Å². The lowest BCUT2D eigenvalue weighted by Gasteiger charge is -2.39. The molecule has 0 radical (unpaired) electrons. The van der Waals surface area contributed by atoms with Gasteiger partial charge in [-0.25, -0.2) is 8.42 Å². The third kappa shape index (κ3) is 4.97. The third-order valence-electron chi connectivity index (χ3n) is 6.77. The van der Waals surface area contributed by atoms with Gasteiger partial charge in [0.05, 0.1) is 10.5 Å². The van der Waals surface area contributed by atoms with E-state index < -0.39 is 14.6 Å². The van der Waals surface area contributed by atoms with E-state index >= 15 is 0 Å². The van der Waals surface area contributed by atoms with Gasteiger partial charge in [-0.15, -0.1) is 0 Å². The molecule has 0 aromatic heterocycles. The Balaban J connectivity index is 1.53. The van der Waals surface area contributed by atoms with Gasteiger partial charge in [-0.05, 0) is 52.0 Å². The lowest BCUT2D eigenvalue weighted by Crippen LogP contribution is -2.58. The monoisotopic (exact) mass is 398 g/mol. The van der Waals surface area contributed by atoms with Gasteiger partial charge >= 0.3 is 0 Å². The van der Waals surface area contributed by atoms with Crippen molar-refractivity contribution in [3.63, 3.8) is 0 Å². The molecule has 1 aliphatic carbocycles. The van der Waals surface area contributed by atoms with Gasteiger partial charge in [-0.3, -0.25) is 9.89 Å². The minimum absolute atomic E-state index is 0.206. The maximum absolute atomic E-state index is 12.3. The maximum atomic E-state index is 12.3. The zero-order chi connectivity index (χ0) is 19.5. The van der Waals surface area contributed by atoms with Crippen molar-refractivity contribution in [2.45, 2.75) is 69.6 Å². The Hall–Kier alpha value is -0.820. The fourth-order valence-electron chi connectivity index (χ4n) is 4.93. The zero-order valence-electron chi connectivity index (χ0n) is 17.4. The summed E-state index contributed by atoms with van der Waals surface area (Å²) in [6.07, 6.45) is 9.55. The average Bonchev–Trinajstić information content (AvgIpc) is 3.06. The Bertz CT molecular complexity index is 626. The molecule has 1 atom stereocenters. The molecule has 6 nitrogen and oxygen atoms in total. The van der Waals surface area contributed by atoms with Crippen LogP contribution in [0.3, 0.4) is 0 Å². The van der Waals surface area contributed by atoms with Crippen molar-refractivity contribution in [1.29, 1.82) is 0 Å². The minimum atomic E-state index is -3.02. The molecule has 27 heavy (non-hydrogen) atoms. The van der Waals surface area contributed by atoms with Crippen molar-refractivity contribution in [3.05, 3.63) is 0 Å². The van der Waals surface area contributed by atoms with E-state index in [-0.39, 0.29) is 5.75 Å². The van der Waals surface area contributed by atoms with E-state index in [1.807, 2.05) is 13.8 Å². The molecule has 0 spiro atoms. The van der Waals surface area contributed by atoms with Crippen LogP contribution in [-0.4, -0.2) is 80.5 Å². The Kier molecular flexibility index (Phi) is 6.72. The van der Waals surface area contributed by atoms with Crippen molar-refractivity contribution < 1.29 is 8.42 Å². The van der Waals surface area contributed by atoms with Crippen molar-refractivity contribution >= 4 is 15.8 Å². The highest BCUT2D eigenvalue weighted by Gasteiger charge is 2.41. The van der Waals surface area contributed by atoms with Gasteiger partial charge in [-0.1, -0.05) is 19.3 Å². The first-order valence-corrected chi connectivity index (χ1v) is 12.4. The second-order valence-electron chi connectivity index (χ2n) is 9.22. The van der Waals surface area contributed by atoms with Gasteiger partial charge in [0, 0.05) is 39.3 Å². The van der Waals surface area contributed by atoms with Crippen molar-refractivity contribution in [3.8, 4) is 0 Å². The van der Waals surface area contributed by atoms with Gasteiger partial charge < -0.3 is 10.2 Å². The topological polar surface area (TPSA) is 65.0 Å². The minimum Gasteiger partial charge on any atom is -0.355 e. The van der Waals surface area contributed by atoms with Gasteiger partial charge in [0.2, 0.25) is 0 Å². The largest absolute Gasteiger partial charge is 0.355 e. The van der Waals surface area contributed by atoms with Crippen LogP contribution in [0.25, 0.3) is 0 Å². The molecule has 156 valence electrons. The van der Waals surface area contributed by atoms with Crippen LogP contribution < -0.4 is 5.32 Å². The molecule has 0 bridgehead atoms. The summed E-state index contributed by atoms with van der Waals surface area (Å²) in [5.74, 6) is 1.94. The molecule has 7 heteroatoms. The maximum Gasteiger partial charge on any atom is 0.193 e. The highest BCUT2D eigenvalue weighted by molar-refractivity contribution is 7.92. The fraction of sp³-hybridized carbons (Fsp3) is 0.950. The second-order valence-corrected chi connectivity index (χ2v) is 12.0. The molecule has 2 heterocycles. The zero-order valence-corrected chi connectivity index (χ0v) is 18.2. The van der Waals surface area contributed by atoms with E-state index in [9.17, 15) is 8.42 Å². The van der Waals surface area contributed by atoms with Gasteiger partial charge in [0.1, 0.15) is 0 Å². The first-order valence-electron chi connectivity index (χ1n) is 10.7. The number of nitrogens with one attached hydrogen (secondary N) is 1. The Labute approximate surface area is 165 Å². The molecular formula is C20H38N4O2S. The van der Waals surface area contributed by atoms with Gasteiger partial charge in [0.15, 0.2) is 15.8 Å². The summed E-state index contributed by atoms with van der Waals surface area (Å²) >= 11 is 0. The molecular weight excluding hydrogens is 360 g/mol. The number of likely N-dealkylation sites (tertiary alicyclic amines) is 1. The van der Waals surface area contributed by atoms with Crippen LogP contribution in [0.15, 0.2) is 4.99 Å². The number of guanidine groups is 1. The average molecular weight is 399 g/mol. The lowest BCUT2D eigenvalue weighted by molar-refractivity contribution is 0.187. The molecule has 3 fully saturated rings. The van der Waals surface area contributed by atoms with Crippen LogP contribution >= 0.6 is 0 Å². The summed E-state index contributed by atoms with van der Waals surface area (Å²) in [4.78, 5) is 9.24. The first kappa shape index (κ1) is 20.9.